The van der Waals surface area contributed by atoms with Gasteiger partial charge in [-0.2, -0.15) is 0 Å². The van der Waals surface area contributed by atoms with Gasteiger partial charge in [-0.15, -0.1) is 11.6 Å². The van der Waals surface area contributed by atoms with Gasteiger partial charge in [0.2, 0.25) is 10.0 Å². The lowest BCUT2D eigenvalue weighted by Gasteiger charge is -2.22. The molecule has 0 aromatic rings. The van der Waals surface area contributed by atoms with E-state index < -0.39 is 10.0 Å². The van der Waals surface area contributed by atoms with Crippen molar-refractivity contribution in [3.63, 3.8) is 0 Å². The summed E-state index contributed by atoms with van der Waals surface area (Å²) in [5, 5.41) is -0.276. The van der Waals surface area contributed by atoms with Crippen molar-refractivity contribution in [2.75, 3.05) is 25.6 Å². The van der Waals surface area contributed by atoms with Crippen molar-refractivity contribution in [2.24, 2.45) is 0 Å². The van der Waals surface area contributed by atoms with Crippen LogP contribution in [0, 0.1) is 0 Å². The van der Waals surface area contributed by atoms with E-state index in [1.807, 2.05) is 0 Å². The Morgan fingerprint density at radius 3 is 2.53 bits per heavy atom. The van der Waals surface area contributed by atoms with Crippen LogP contribution < -0.4 is 4.72 Å². The molecule has 1 fully saturated rings. The molecule has 0 aliphatic carbocycles. The maximum absolute atomic E-state index is 11.7. The molecule has 1 saturated heterocycles. The van der Waals surface area contributed by atoms with Crippen LogP contribution in [0.1, 0.15) is 25.7 Å². The third kappa shape index (κ3) is 4.68. The zero-order valence-corrected chi connectivity index (χ0v) is 10.3. The number of hydrogen-bond donors (Lipinski definition) is 1. The highest BCUT2D eigenvalue weighted by atomic mass is 35.5. The lowest BCUT2D eigenvalue weighted by molar-refractivity contribution is 0.0981. The Kier molecular flexibility index (Phi) is 5.89. The smallest absolute Gasteiger partial charge is 0.214 e. The molecule has 0 aromatic heterocycles. The van der Waals surface area contributed by atoms with Gasteiger partial charge in [0, 0.05) is 25.6 Å². The van der Waals surface area contributed by atoms with Gasteiger partial charge < -0.3 is 4.74 Å². The minimum Gasteiger partial charge on any atom is -0.381 e. The quantitative estimate of drug-likeness (QED) is 0.571. The Bertz CT molecular complexity index is 263. The van der Waals surface area contributed by atoms with E-state index in [0.717, 1.165) is 12.8 Å². The summed E-state index contributed by atoms with van der Waals surface area (Å²) in [6.07, 6.45) is 2.85. The second-order valence-electron chi connectivity index (χ2n) is 3.65. The molecule has 90 valence electrons. The molecular formula is C9H18ClNO3S. The molecule has 1 heterocycles. The van der Waals surface area contributed by atoms with Crippen LogP contribution in [0.15, 0.2) is 0 Å². The van der Waals surface area contributed by atoms with Crippen LogP contribution >= 0.6 is 11.6 Å². The van der Waals surface area contributed by atoms with Crippen molar-refractivity contribution >= 4 is 21.6 Å². The zero-order chi connectivity index (χ0) is 11.1. The van der Waals surface area contributed by atoms with Gasteiger partial charge >= 0.3 is 0 Å². The summed E-state index contributed by atoms with van der Waals surface area (Å²) in [6.45, 7) is 1.59. The number of alkyl halides is 1. The van der Waals surface area contributed by atoms with Crippen LogP contribution in [0.3, 0.4) is 0 Å². The SMILES string of the molecule is O=S(=O)(NCCCCCl)C1CCOCC1. The summed E-state index contributed by atoms with van der Waals surface area (Å²) in [7, 11) is -3.14. The van der Waals surface area contributed by atoms with Gasteiger partial charge in [0.1, 0.15) is 0 Å². The third-order valence-corrected chi connectivity index (χ3v) is 4.69. The molecule has 15 heavy (non-hydrogen) atoms. The Morgan fingerprint density at radius 1 is 1.27 bits per heavy atom. The number of sulfonamides is 1. The largest absolute Gasteiger partial charge is 0.381 e. The highest BCUT2D eigenvalue weighted by molar-refractivity contribution is 7.90. The maximum atomic E-state index is 11.7. The summed E-state index contributed by atoms with van der Waals surface area (Å²) in [5.41, 5.74) is 0. The molecule has 1 aliphatic heterocycles. The second kappa shape index (κ2) is 6.68. The van der Waals surface area contributed by atoms with Gasteiger partial charge in [-0.05, 0) is 25.7 Å². The van der Waals surface area contributed by atoms with E-state index in [1.54, 1.807) is 0 Å². The van der Waals surface area contributed by atoms with E-state index in [1.165, 1.54) is 0 Å². The van der Waals surface area contributed by atoms with E-state index in [9.17, 15) is 8.42 Å². The Hall–Kier alpha value is 0.160. The highest BCUT2D eigenvalue weighted by Gasteiger charge is 2.26. The second-order valence-corrected chi connectivity index (χ2v) is 6.07. The summed E-state index contributed by atoms with van der Waals surface area (Å²) in [5.74, 6) is 0.582. The maximum Gasteiger partial charge on any atom is 0.214 e. The van der Waals surface area contributed by atoms with Crippen molar-refractivity contribution in [1.29, 1.82) is 0 Å². The van der Waals surface area contributed by atoms with Crippen LogP contribution in [0.5, 0.6) is 0 Å². The van der Waals surface area contributed by atoms with Crippen LogP contribution in [-0.2, 0) is 14.8 Å². The van der Waals surface area contributed by atoms with Crippen molar-refractivity contribution in [3.8, 4) is 0 Å². The average molecular weight is 256 g/mol. The molecule has 0 bridgehead atoms. The first-order valence-electron chi connectivity index (χ1n) is 5.29. The number of nitrogens with one attached hydrogen (secondary N) is 1. The van der Waals surface area contributed by atoms with Crippen molar-refractivity contribution in [1.82, 2.24) is 4.72 Å². The summed E-state index contributed by atoms with van der Waals surface area (Å²) in [6, 6.07) is 0. The molecule has 1 aliphatic rings. The molecule has 4 nitrogen and oxygen atoms in total. The number of halogens is 1. The van der Waals surface area contributed by atoms with Crippen molar-refractivity contribution in [3.05, 3.63) is 0 Å². The van der Waals surface area contributed by atoms with Gasteiger partial charge in [0.25, 0.3) is 0 Å². The molecule has 0 unspecified atom stereocenters. The van der Waals surface area contributed by atoms with E-state index >= 15 is 0 Å². The Labute approximate surface area is 96.4 Å². The molecule has 0 aromatic carbocycles. The number of ether oxygens (including phenoxy) is 1. The molecular weight excluding hydrogens is 238 g/mol. The zero-order valence-electron chi connectivity index (χ0n) is 8.75. The van der Waals surface area contributed by atoms with Gasteiger partial charge in [-0.25, -0.2) is 13.1 Å². The first-order valence-corrected chi connectivity index (χ1v) is 7.37. The van der Waals surface area contributed by atoms with E-state index in [2.05, 4.69) is 4.72 Å². The van der Waals surface area contributed by atoms with E-state index in [0.29, 0.717) is 38.5 Å². The molecule has 0 atom stereocenters. The topological polar surface area (TPSA) is 55.4 Å². The lowest BCUT2D eigenvalue weighted by Crippen LogP contribution is -2.38. The van der Waals surface area contributed by atoms with Gasteiger partial charge in [-0.3, -0.25) is 0 Å². The summed E-state index contributed by atoms with van der Waals surface area (Å²) >= 11 is 5.51. The third-order valence-electron chi connectivity index (χ3n) is 2.47. The normalized spacial score (nSPS) is 19.3. The van der Waals surface area contributed by atoms with Crippen LogP contribution in [0.2, 0.25) is 0 Å². The fraction of sp³-hybridized carbons (Fsp3) is 1.00. The molecule has 1 rings (SSSR count). The van der Waals surface area contributed by atoms with Crippen LogP contribution in [0.4, 0.5) is 0 Å². The Morgan fingerprint density at radius 2 is 1.93 bits per heavy atom. The van der Waals surface area contributed by atoms with E-state index in [4.69, 9.17) is 16.3 Å². The predicted octanol–water partition coefficient (Wildman–Crippen LogP) is 1.10. The minimum absolute atomic E-state index is 0.276. The molecule has 0 saturated carbocycles. The molecule has 0 amide bonds. The predicted molar refractivity (Wildman–Crippen MR) is 60.7 cm³/mol. The van der Waals surface area contributed by atoms with Gasteiger partial charge in [0.15, 0.2) is 0 Å². The van der Waals surface area contributed by atoms with E-state index in [-0.39, 0.29) is 5.25 Å². The van der Waals surface area contributed by atoms with Crippen LogP contribution in [0.25, 0.3) is 0 Å². The summed E-state index contributed by atoms with van der Waals surface area (Å²) < 4.78 is 31.2. The molecule has 0 spiro atoms. The number of unbranched alkanes of at least 4 members (excludes halogenated alkanes) is 1. The first-order chi connectivity index (χ1) is 7.17. The first kappa shape index (κ1) is 13.2. The molecule has 6 heteroatoms. The summed E-state index contributed by atoms with van der Waals surface area (Å²) in [4.78, 5) is 0. The Balaban J connectivity index is 2.30. The number of rotatable bonds is 6. The van der Waals surface area contributed by atoms with Gasteiger partial charge in [-0.1, -0.05) is 0 Å². The van der Waals surface area contributed by atoms with Gasteiger partial charge in [0.05, 0.1) is 5.25 Å². The standard InChI is InChI=1S/C9H18ClNO3S/c10-5-1-2-6-11-15(12,13)9-3-7-14-8-4-9/h9,11H,1-8H2. The van der Waals surface area contributed by atoms with Crippen molar-refractivity contribution < 1.29 is 13.2 Å². The average Bonchev–Trinajstić information content (AvgIpc) is 2.26. The fourth-order valence-corrected chi connectivity index (χ4v) is 3.20. The minimum atomic E-state index is -3.14. The fourth-order valence-electron chi connectivity index (χ4n) is 1.54. The monoisotopic (exact) mass is 255 g/mol. The molecule has 1 N–H and O–H groups in total. The lowest BCUT2D eigenvalue weighted by atomic mass is 10.2. The van der Waals surface area contributed by atoms with Crippen molar-refractivity contribution in [2.45, 2.75) is 30.9 Å². The highest BCUT2D eigenvalue weighted by Crippen LogP contribution is 2.14. The number of hydrogen-bond acceptors (Lipinski definition) is 3. The molecule has 0 radical (unpaired) electrons. The van der Waals surface area contributed by atoms with Crippen LogP contribution in [-0.4, -0.2) is 39.3 Å².